The Morgan fingerprint density at radius 1 is 1.16 bits per heavy atom. The van der Waals surface area contributed by atoms with Crippen LogP contribution in [0.5, 0.6) is 0 Å². The van der Waals surface area contributed by atoms with Crippen LogP contribution in [-0.2, 0) is 0 Å². The number of pyridine rings is 1. The van der Waals surface area contributed by atoms with Gasteiger partial charge in [-0.3, -0.25) is 9.78 Å². The third-order valence-corrected chi connectivity index (χ3v) is 2.89. The van der Waals surface area contributed by atoms with Gasteiger partial charge in [0.15, 0.2) is 0 Å². The second-order valence-corrected chi connectivity index (χ2v) is 4.37. The molecule has 2 aromatic rings. The van der Waals surface area contributed by atoms with Gasteiger partial charge in [0.25, 0.3) is 5.91 Å². The predicted molar refractivity (Wildman–Crippen MR) is 68.6 cm³/mol. The number of nitrogens with one attached hydrogen (secondary N) is 1. The number of nitrogens with zero attached hydrogens (tertiary/aromatic N) is 1. The van der Waals surface area contributed by atoms with Crippen molar-refractivity contribution < 1.29 is 13.6 Å². The van der Waals surface area contributed by atoms with Crippen molar-refractivity contribution in [3.8, 4) is 0 Å². The number of carbonyl (C=O) groups excluding carboxylic acids is 1. The Morgan fingerprint density at radius 3 is 2.58 bits per heavy atom. The summed E-state index contributed by atoms with van der Waals surface area (Å²) in [5.41, 5.74) is -0.272. The quantitative estimate of drug-likeness (QED) is 0.854. The van der Waals surface area contributed by atoms with Crippen LogP contribution in [0.2, 0.25) is 10.0 Å². The number of benzene rings is 1. The molecule has 1 amide bonds. The third kappa shape index (κ3) is 3.00. The van der Waals surface area contributed by atoms with Crippen LogP contribution in [-0.4, -0.2) is 10.9 Å². The standard InChI is InChI=1S/C12H6Cl2F2N2O/c13-7-1-2-17-5-11(7)18-12(19)6-3-10(16)8(14)4-9(6)15/h1-5H,(H,18,19). The van der Waals surface area contributed by atoms with Crippen molar-refractivity contribution in [1.29, 1.82) is 0 Å². The SMILES string of the molecule is O=C(Nc1cnccc1Cl)c1cc(F)c(Cl)cc1F. The minimum Gasteiger partial charge on any atom is -0.319 e. The van der Waals surface area contributed by atoms with E-state index in [2.05, 4.69) is 10.3 Å². The van der Waals surface area contributed by atoms with Gasteiger partial charge in [0.05, 0.1) is 27.5 Å². The molecule has 0 saturated carbocycles. The summed E-state index contributed by atoms with van der Waals surface area (Å²) < 4.78 is 26.7. The highest BCUT2D eigenvalue weighted by molar-refractivity contribution is 6.34. The summed E-state index contributed by atoms with van der Waals surface area (Å²) >= 11 is 11.2. The van der Waals surface area contributed by atoms with Gasteiger partial charge in [0.2, 0.25) is 0 Å². The van der Waals surface area contributed by atoms with Crippen LogP contribution in [0.4, 0.5) is 14.5 Å². The zero-order valence-electron chi connectivity index (χ0n) is 9.25. The largest absolute Gasteiger partial charge is 0.319 e. The Hall–Kier alpha value is -1.72. The monoisotopic (exact) mass is 302 g/mol. The molecule has 0 aliphatic heterocycles. The van der Waals surface area contributed by atoms with Crippen LogP contribution < -0.4 is 5.32 Å². The van der Waals surface area contributed by atoms with Gasteiger partial charge in [-0.05, 0) is 18.2 Å². The van der Waals surface area contributed by atoms with Gasteiger partial charge in [-0.15, -0.1) is 0 Å². The number of carbonyl (C=O) groups is 1. The van der Waals surface area contributed by atoms with Crippen LogP contribution in [0.1, 0.15) is 10.4 Å². The van der Waals surface area contributed by atoms with E-state index in [1.165, 1.54) is 18.5 Å². The van der Waals surface area contributed by atoms with Crippen LogP contribution in [0.15, 0.2) is 30.6 Å². The first-order valence-corrected chi connectivity index (χ1v) is 5.80. The molecule has 0 bridgehead atoms. The molecule has 7 heteroatoms. The minimum atomic E-state index is -0.927. The summed E-state index contributed by atoms with van der Waals surface area (Å²) in [7, 11) is 0. The fraction of sp³-hybridized carbons (Fsp3) is 0. The summed E-state index contributed by atoms with van der Waals surface area (Å²) in [4.78, 5) is 15.6. The summed E-state index contributed by atoms with van der Waals surface area (Å²) in [6, 6.07) is 2.91. The summed E-state index contributed by atoms with van der Waals surface area (Å²) in [5, 5.41) is 2.17. The molecule has 1 aromatic heterocycles. The van der Waals surface area contributed by atoms with Gasteiger partial charge in [-0.25, -0.2) is 8.78 Å². The average molecular weight is 303 g/mol. The number of rotatable bonds is 2. The van der Waals surface area contributed by atoms with Crippen molar-refractivity contribution in [3.63, 3.8) is 0 Å². The number of hydrogen-bond acceptors (Lipinski definition) is 2. The van der Waals surface area contributed by atoms with Crippen LogP contribution in [0.3, 0.4) is 0 Å². The first-order chi connectivity index (χ1) is 8.99. The minimum absolute atomic E-state index is 0.198. The van der Waals surface area contributed by atoms with Crippen molar-refractivity contribution in [3.05, 3.63) is 57.8 Å². The molecule has 0 saturated heterocycles. The number of anilines is 1. The average Bonchev–Trinajstić information content (AvgIpc) is 2.36. The molecule has 0 spiro atoms. The molecule has 3 nitrogen and oxygen atoms in total. The zero-order chi connectivity index (χ0) is 14.0. The molecular weight excluding hydrogens is 297 g/mol. The first-order valence-electron chi connectivity index (χ1n) is 5.04. The van der Waals surface area contributed by atoms with Gasteiger partial charge >= 0.3 is 0 Å². The number of aromatic nitrogens is 1. The fourth-order valence-corrected chi connectivity index (χ4v) is 1.66. The maximum Gasteiger partial charge on any atom is 0.258 e. The number of halogens is 4. The Labute approximate surface area is 117 Å². The van der Waals surface area contributed by atoms with E-state index < -0.39 is 28.1 Å². The second kappa shape index (κ2) is 5.50. The molecule has 19 heavy (non-hydrogen) atoms. The Kier molecular flexibility index (Phi) is 3.97. The highest BCUT2D eigenvalue weighted by Crippen LogP contribution is 2.23. The Balaban J connectivity index is 2.31. The molecule has 0 aliphatic rings. The van der Waals surface area contributed by atoms with E-state index in [1.54, 1.807) is 0 Å². The molecule has 2 rings (SSSR count). The van der Waals surface area contributed by atoms with Crippen molar-refractivity contribution >= 4 is 34.8 Å². The molecule has 1 N–H and O–H groups in total. The zero-order valence-corrected chi connectivity index (χ0v) is 10.8. The van der Waals surface area contributed by atoms with E-state index >= 15 is 0 Å². The van der Waals surface area contributed by atoms with E-state index in [4.69, 9.17) is 23.2 Å². The van der Waals surface area contributed by atoms with Crippen molar-refractivity contribution in [2.45, 2.75) is 0 Å². The van der Waals surface area contributed by atoms with Gasteiger partial charge in [-0.2, -0.15) is 0 Å². The fourth-order valence-electron chi connectivity index (χ4n) is 1.36. The van der Waals surface area contributed by atoms with Crippen molar-refractivity contribution in [2.75, 3.05) is 5.32 Å². The molecule has 1 heterocycles. The highest BCUT2D eigenvalue weighted by atomic mass is 35.5. The van der Waals surface area contributed by atoms with Crippen LogP contribution in [0.25, 0.3) is 0 Å². The van der Waals surface area contributed by atoms with E-state index in [-0.39, 0.29) is 10.7 Å². The summed E-state index contributed by atoms with van der Waals surface area (Å²) in [6.07, 6.45) is 2.73. The van der Waals surface area contributed by atoms with E-state index in [0.29, 0.717) is 0 Å². The molecule has 0 radical (unpaired) electrons. The Bertz CT molecular complexity index is 650. The van der Waals surface area contributed by atoms with Crippen molar-refractivity contribution in [2.24, 2.45) is 0 Å². The predicted octanol–water partition coefficient (Wildman–Crippen LogP) is 3.92. The molecule has 0 fully saturated rings. The van der Waals surface area contributed by atoms with Gasteiger partial charge < -0.3 is 5.32 Å². The molecule has 1 aromatic carbocycles. The van der Waals surface area contributed by atoms with E-state index in [9.17, 15) is 13.6 Å². The maximum absolute atomic E-state index is 13.5. The smallest absolute Gasteiger partial charge is 0.258 e. The maximum atomic E-state index is 13.5. The van der Waals surface area contributed by atoms with Gasteiger partial charge in [0.1, 0.15) is 11.6 Å². The lowest BCUT2D eigenvalue weighted by atomic mass is 10.2. The normalized spacial score (nSPS) is 10.3. The van der Waals surface area contributed by atoms with E-state index in [0.717, 1.165) is 12.1 Å². The van der Waals surface area contributed by atoms with Crippen LogP contribution >= 0.6 is 23.2 Å². The van der Waals surface area contributed by atoms with Crippen molar-refractivity contribution in [1.82, 2.24) is 4.98 Å². The topological polar surface area (TPSA) is 42.0 Å². The molecule has 0 aliphatic carbocycles. The summed E-state index contributed by atoms with van der Waals surface area (Å²) in [6.45, 7) is 0. The van der Waals surface area contributed by atoms with Crippen LogP contribution in [0, 0.1) is 11.6 Å². The lowest BCUT2D eigenvalue weighted by Gasteiger charge is -2.07. The molecule has 0 unspecified atom stereocenters. The lowest BCUT2D eigenvalue weighted by molar-refractivity contribution is 0.102. The lowest BCUT2D eigenvalue weighted by Crippen LogP contribution is -2.14. The number of hydrogen-bond donors (Lipinski definition) is 1. The molecule has 98 valence electrons. The Morgan fingerprint density at radius 2 is 1.89 bits per heavy atom. The number of amides is 1. The second-order valence-electron chi connectivity index (χ2n) is 3.56. The van der Waals surface area contributed by atoms with Gasteiger partial charge in [0, 0.05) is 6.20 Å². The molecule has 0 atom stereocenters. The van der Waals surface area contributed by atoms with E-state index in [1.807, 2.05) is 0 Å². The van der Waals surface area contributed by atoms with Gasteiger partial charge in [-0.1, -0.05) is 23.2 Å². The highest BCUT2D eigenvalue weighted by Gasteiger charge is 2.16. The molecular formula is C12H6Cl2F2N2O. The summed E-state index contributed by atoms with van der Waals surface area (Å²) in [5.74, 6) is -2.66. The third-order valence-electron chi connectivity index (χ3n) is 2.27. The first kappa shape index (κ1) is 13.7.